The first-order valence-electron chi connectivity index (χ1n) is 20.6. The molecule has 1 aromatic heterocycles. The van der Waals surface area contributed by atoms with Crippen LogP contribution < -0.4 is 0 Å². The van der Waals surface area contributed by atoms with E-state index in [-0.39, 0.29) is 67.0 Å². The monoisotopic (exact) mass is 684 g/mol. The molecule has 2 N–H and O–H groups in total. The molecule has 6 saturated carbocycles. The van der Waals surface area contributed by atoms with Gasteiger partial charge >= 0.3 is 0 Å². The van der Waals surface area contributed by atoms with Crippen LogP contribution in [0.3, 0.4) is 0 Å². The lowest BCUT2D eigenvalue weighted by Crippen LogP contribution is -2.67. The molecule has 9 rings (SSSR count). The Kier molecular flexibility index (Phi) is 6.74. The average Bonchev–Trinajstić information content (AvgIpc) is 3.45. The van der Waals surface area contributed by atoms with Gasteiger partial charge < -0.3 is 10.2 Å². The summed E-state index contributed by atoms with van der Waals surface area (Å²) in [6, 6.07) is -0.328. The maximum Gasteiger partial charge on any atom is 0.0877 e. The number of aromatic nitrogens is 2. The second-order valence-corrected chi connectivity index (χ2v) is 21.8. The summed E-state index contributed by atoms with van der Waals surface area (Å²) in [6.45, 7) is 22.6. The molecule has 0 saturated heterocycles. The predicted octanol–water partition coefficient (Wildman–Crippen LogP) is 9.87. The van der Waals surface area contributed by atoms with Crippen LogP contribution in [-0.2, 0) is 19.3 Å². The second-order valence-electron chi connectivity index (χ2n) is 21.8. The molecule has 0 spiro atoms. The molecule has 1 heterocycles. The van der Waals surface area contributed by atoms with Crippen molar-refractivity contribution >= 4 is 0 Å². The second kappa shape index (κ2) is 9.89. The molecule has 0 bridgehead atoms. The first kappa shape index (κ1) is 34.1. The molecule has 0 aromatic carbocycles. The Morgan fingerprint density at radius 2 is 1.16 bits per heavy atom. The van der Waals surface area contributed by atoms with Crippen molar-refractivity contribution in [1.29, 1.82) is 0 Å². The van der Waals surface area contributed by atoms with Gasteiger partial charge in [0.1, 0.15) is 0 Å². The van der Waals surface area contributed by atoms with Gasteiger partial charge in [-0.05, 0) is 168 Å². The van der Waals surface area contributed by atoms with Gasteiger partial charge in [-0.3, -0.25) is 9.97 Å². The minimum atomic E-state index is -0.328. The minimum absolute atomic E-state index is 0.0112. The molecule has 8 aliphatic carbocycles. The van der Waals surface area contributed by atoms with E-state index in [1.165, 1.54) is 31.4 Å². The molecule has 7 nitrogen and oxygen atoms in total. The number of hydrogen-bond donors (Lipinski definition) is 2. The summed E-state index contributed by atoms with van der Waals surface area (Å²) in [6.07, 6.45) is 15.6. The van der Waals surface area contributed by atoms with E-state index in [1.807, 2.05) is 0 Å². The lowest BCUT2D eigenvalue weighted by atomic mass is 9.32. The standard InChI is InChI=1S/C43H65N5O2/c1-35-15-12-30-37(3)17-14-31(49)40(37,6)20-18-38(30,4)42(35,8)24-28-27(23-35)46-33-26(45-28)22-25-10-11-29-36(2)16-13-32(50)41(36,7)21-19-39(29,5)43(25,9)34(33)47-48-44/h25,29-32,34,49-50H,10-24H2,1-9H3/t25-,29?,30?,31-,32-,34?,35-,36-,37-,38-,39-,40+,41+,42-,43+/m0/s1. The lowest BCUT2D eigenvalue weighted by molar-refractivity contribution is -0.231. The van der Waals surface area contributed by atoms with Crippen molar-refractivity contribution in [2.45, 2.75) is 177 Å². The van der Waals surface area contributed by atoms with Gasteiger partial charge in [0.15, 0.2) is 0 Å². The third-order valence-electron chi connectivity index (χ3n) is 21.5. The molecule has 7 heteroatoms. The van der Waals surface area contributed by atoms with Crippen LogP contribution in [0.2, 0.25) is 0 Å². The van der Waals surface area contributed by atoms with E-state index in [4.69, 9.17) is 15.1 Å². The fourth-order valence-corrected chi connectivity index (χ4v) is 17.0. The zero-order valence-electron chi connectivity index (χ0n) is 32.7. The Hall–Kier alpha value is -1.69. The maximum absolute atomic E-state index is 11.3. The summed E-state index contributed by atoms with van der Waals surface area (Å²) in [7, 11) is 0. The van der Waals surface area contributed by atoms with E-state index in [0.717, 1.165) is 87.7 Å². The first-order valence-corrected chi connectivity index (χ1v) is 20.6. The smallest absolute Gasteiger partial charge is 0.0877 e. The Labute approximate surface area is 301 Å². The fraction of sp³-hybridized carbons (Fsp3) is 0.907. The van der Waals surface area contributed by atoms with Crippen LogP contribution in [0.5, 0.6) is 0 Å². The highest BCUT2D eigenvalue weighted by atomic mass is 16.3. The number of nitrogens with zero attached hydrogens (tertiary/aromatic N) is 5. The van der Waals surface area contributed by atoms with E-state index in [0.29, 0.717) is 17.8 Å². The SMILES string of the molecule is C[C@@]12CCC3[C@](C)(CC[C@]4(C)[C@@H](O)CC[C@@]34C)[C@@]1(C)Cc1nc3c(nc1C2)C(N=[N+]=[N-])[C@@]1(C)[C@@H](CCC2[C@]1(C)CC[C@]1(C)[C@@H](O)CC[C@@]21C)C3. The zero-order chi connectivity index (χ0) is 35.7. The highest BCUT2D eigenvalue weighted by molar-refractivity contribution is 5.36. The molecule has 0 amide bonds. The summed E-state index contributed by atoms with van der Waals surface area (Å²) in [4.78, 5) is 14.9. The van der Waals surface area contributed by atoms with E-state index in [9.17, 15) is 15.7 Å². The van der Waals surface area contributed by atoms with Crippen molar-refractivity contribution in [2.24, 2.45) is 71.6 Å². The van der Waals surface area contributed by atoms with Crippen LogP contribution in [-0.4, -0.2) is 32.4 Å². The third-order valence-corrected chi connectivity index (χ3v) is 21.5. The van der Waals surface area contributed by atoms with Crippen molar-refractivity contribution in [2.75, 3.05) is 0 Å². The summed E-state index contributed by atoms with van der Waals surface area (Å²) in [5.41, 5.74) is 15.0. The maximum atomic E-state index is 11.3. The highest BCUT2D eigenvalue weighted by Gasteiger charge is 2.74. The molecular formula is C43H65N5O2. The molecule has 3 unspecified atom stereocenters. The quantitative estimate of drug-likeness (QED) is 0.174. The molecule has 8 aliphatic rings. The van der Waals surface area contributed by atoms with Crippen molar-refractivity contribution in [3.05, 3.63) is 33.2 Å². The summed E-state index contributed by atoms with van der Waals surface area (Å²) in [5, 5.41) is 27.3. The largest absolute Gasteiger partial charge is 0.393 e. The Morgan fingerprint density at radius 1 is 0.600 bits per heavy atom. The number of rotatable bonds is 1. The van der Waals surface area contributed by atoms with E-state index in [2.05, 4.69) is 67.2 Å². The van der Waals surface area contributed by atoms with Crippen molar-refractivity contribution in [3.8, 4) is 0 Å². The number of fused-ring (bicyclic) bond motifs is 12. The van der Waals surface area contributed by atoms with Gasteiger partial charge in [0.05, 0.1) is 41.0 Å². The van der Waals surface area contributed by atoms with Crippen molar-refractivity contribution in [1.82, 2.24) is 9.97 Å². The van der Waals surface area contributed by atoms with Crippen LogP contribution in [0.1, 0.15) is 168 Å². The van der Waals surface area contributed by atoms with Crippen LogP contribution >= 0.6 is 0 Å². The molecule has 0 aliphatic heterocycles. The lowest BCUT2D eigenvalue weighted by Gasteiger charge is -2.72. The zero-order valence-corrected chi connectivity index (χ0v) is 32.7. The van der Waals surface area contributed by atoms with E-state index in [1.54, 1.807) is 0 Å². The molecular weight excluding hydrogens is 619 g/mol. The summed E-state index contributed by atoms with van der Waals surface area (Å²) in [5.74, 6) is 1.47. The Balaban J connectivity index is 1.12. The van der Waals surface area contributed by atoms with Gasteiger partial charge in [0.25, 0.3) is 0 Å². The van der Waals surface area contributed by atoms with Crippen molar-refractivity contribution in [3.63, 3.8) is 0 Å². The Bertz CT molecular complexity index is 1710. The molecule has 6 fully saturated rings. The normalized spacial score (nSPS) is 57.4. The van der Waals surface area contributed by atoms with E-state index < -0.39 is 0 Å². The van der Waals surface area contributed by atoms with Gasteiger partial charge in [0, 0.05) is 4.91 Å². The van der Waals surface area contributed by atoms with Gasteiger partial charge in [-0.2, -0.15) is 0 Å². The predicted molar refractivity (Wildman–Crippen MR) is 196 cm³/mol. The summed E-state index contributed by atoms with van der Waals surface area (Å²) < 4.78 is 0. The third kappa shape index (κ3) is 3.48. The molecule has 0 radical (unpaired) electrons. The number of azide groups is 1. The first-order chi connectivity index (χ1) is 23.3. The van der Waals surface area contributed by atoms with Gasteiger partial charge in [-0.1, -0.05) is 67.4 Å². The molecule has 1 aromatic rings. The number of hydrogen-bond acceptors (Lipinski definition) is 5. The highest BCUT2D eigenvalue weighted by Crippen LogP contribution is 2.79. The number of aliphatic hydroxyl groups excluding tert-OH is 2. The summed E-state index contributed by atoms with van der Waals surface area (Å²) >= 11 is 0. The fourth-order valence-electron chi connectivity index (χ4n) is 17.0. The van der Waals surface area contributed by atoms with Crippen LogP contribution in [0, 0.1) is 66.5 Å². The average molecular weight is 684 g/mol. The van der Waals surface area contributed by atoms with E-state index >= 15 is 0 Å². The van der Waals surface area contributed by atoms with Gasteiger partial charge in [-0.25, -0.2) is 0 Å². The van der Waals surface area contributed by atoms with Crippen molar-refractivity contribution < 1.29 is 10.2 Å². The molecule has 50 heavy (non-hydrogen) atoms. The van der Waals surface area contributed by atoms with Gasteiger partial charge in [0.2, 0.25) is 0 Å². The topological polar surface area (TPSA) is 115 Å². The number of aliphatic hydroxyl groups is 2. The molecule has 15 atom stereocenters. The van der Waals surface area contributed by atoms with Crippen LogP contribution in [0.15, 0.2) is 5.11 Å². The molecule has 274 valence electrons. The van der Waals surface area contributed by atoms with Gasteiger partial charge in [-0.15, -0.1) is 0 Å². The van der Waals surface area contributed by atoms with Crippen LogP contribution in [0.4, 0.5) is 0 Å². The minimum Gasteiger partial charge on any atom is -0.393 e. The van der Waals surface area contributed by atoms with Crippen LogP contribution in [0.25, 0.3) is 10.4 Å². The Morgan fingerprint density at radius 3 is 1.78 bits per heavy atom.